The van der Waals surface area contributed by atoms with Crippen LogP contribution in [0.2, 0.25) is 0 Å². The average molecular weight is 204 g/mol. The van der Waals surface area contributed by atoms with Crippen molar-refractivity contribution < 1.29 is 0 Å². The van der Waals surface area contributed by atoms with Crippen LogP contribution in [-0.4, -0.2) is 0 Å². The first kappa shape index (κ1) is 11.0. The molecule has 0 unspecified atom stereocenters. The van der Waals surface area contributed by atoms with Crippen LogP contribution in [0.15, 0.2) is 23.3 Å². The first-order chi connectivity index (χ1) is 7.09. The molecular formula is C15H24. The zero-order chi connectivity index (χ0) is 11.0. The Hall–Kier alpha value is -0.520. The molecule has 0 fully saturated rings. The average Bonchev–Trinajstić information content (AvgIpc) is 2.17. The Balaban J connectivity index is 2.26. The molecule has 0 heteroatoms. The molecule has 0 N–H and O–H groups in total. The molecule has 0 aromatic heterocycles. The molecule has 0 spiro atoms. The topological polar surface area (TPSA) is 0 Å². The van der Waals surface area contributed by atoms with Crippen LogP contribution in [0.1, 0.15) is 47.0 Å². The van der Waals surface area contributed by atoms with E-state index in [2.05, 4.69) is 39.8 Å². The summed E-state index contributed by atoms with van der Waals surface area (Å²) in [6, 6.07) is 0. The molecule has 0 saturated carbocycles. The molecule has 0 radical (unpaired) electrons. The van der Waals surface area contributed by atoms with E-state index in [-0.39, 0.29) is 0 Å². The highest BCUT2D eigenvalue weighted by molar-refractivity contribution is 5.22. The van der Waals surface area contributed by atoms with E-state index < -0.39 is 0 Å². The second-order valence-electron chi connectivity index (χ2n) is 5.83. The molecule has 84 valence electrons. The Bertz CT molecular complexity index is 293. The fourth-order valence-corrected chi connectivity index (χ4v) is 3.39. The third-order valence-corrected chi connectivity index (χ3v) is 4.35. The number of fused-ring (bicyclic) bond motifs is 1. The Morgan fingerprint density at radius 2 is 1.93 bits per heavy atom. The van der Waals surface area contributed by atoms with Gasteiger partial charge in [0.25, 0.3) is 0 Å². The summed E-state index contributed by atoms with van der Waals surface area (Å²) < 4.78 is 0. The molecule has 0 aromatic rings. The normalized spacial score (nSPS) is 35.9. The zero-order valence-electron chi connectivity index (χ0n) is 10.6. The summed E-state index contributed by atoms with van der Waals surface area (Å²) in [5.74, 6) is 3.42. The van der Waals surface area contributed by atoms with E-state index in [1.807, 2.05) is 0 Å². The van der Waals surface area contributed by atoms with E-state index >= 15 is 0 Å². The van der Waals surface area contributed by atoms with Crippen molar-refractivity contribution in [2.24, 2.45) is 23.7 Å². The van der Waals surface area contributed by atoms with Gasteiger partial charge in [0.2, 0.25) is 0 Å². The largest absolute Gasteiger partial charge is 0.0853 e. The van der Waals surface area contributed by atoms with Crippen molar-refractivity contribution in [3.05, 3.63) is 23.3 Å². The molecular weight excluding hydrogens is 180 g/mol. The lowest BCUT2D eigenvalue weighted by atomic mass is 9.64. The summed E-state index contributed by atoms with van der Waals surface area (Å²) >= 11 is 0. The number of hydrogen-bond acceptors (Lipinski definition) is 0. The van der Waals surface area contributed by atoms with Gasteiger partial charge in [0.15, 0.2) is 0 Å². The molecule has 0 saturated heterocycles. The van der Waals surface area contributed by atoms with Crippen LogP contribution in [0.3, 0.4) is 0 Å². The minimum atomic E-state index is 0.746. The van der Waals surface area contributed by atoms with Crippen molar-refractivity contribution in [2.45, 2.75) is 47.0 Å². The van der Waals surface area contributed by atoms with Gasteiger partial charge in [-0.25, -0.2) is 0 Å². The van der Waals surface area contributed by atoms with Crippen LogP contribution in [-0.2, 0) is 0 Å². The molecule has 3 atom stereocenters. The van der Waals surface area contributed by atoms with Gasteiger partial charge in [0, 0.05) is 0 Å². The molecule has 2 aliphatic carbocycles. The van der Waals surface area contributed by atoms with Gasteiger partial charge in [-0.2, -0.15) is 0 Å². The van der Waals surface area contributed by atoms with Gasteiger partial charge in [0.05, 0.1) is 0 Å². The van der Waals surface area contributed by atoms with Gasteiger partial charge < -0.3 is 0 Å². The van der Waals surface area contributed by atoms with Crippen molar-refractivity contribution in [2.75, 3.05) is 0 Å². The monoisotopic (exact) mass is 204 g/mol. The van der Waals surface area contributed by atoms with E-state index in [0.717, 1.165) is 23.7 Å². The summed E-state index contributed by atoms with van der Waals surface area (Å²) in [5, 5.41) is 0. The second-order valence-corrected chi connectivity index (χ2v) is 5.83. The van der Waals surface area contributed by atoms with Crippen LogP contribution in [0.5, 0.6) is 0 Å². The van der Waals surface area contributed by atoms with Gasteiger partial charge in [-0.15, -0.1) is 0 Å². The maximum absolute atomic E-state index is 2.54. The van der Waals surface area contributed by atoms with E-state index in [1.165, 1.54) is 19.3 Å². The van der Waals surface area contributed by atoms with Crippen molar-refractivity contribution in [1.29, 1.82) is 0 Å². The molecule has 15 heavy (non-hydrogen) atoms. The van der Waals surface area contributed by atoms with Crippen molar-refractivity contribution in [3.8, 4) is 0 Å². The van der Waals surface area contributed by atoms with Crippen LogP contribution < -0.4 is 0 Å². The Morgan fingerprint density at radius 1 is 1.20 bits per heavy atom. The summed E-state index contributed by atoms with van der Waals surface area (Å²) in [5.41, 5.74) is 3.35. The van der Waals surface area contributed by atoms with Crippen LogP contribution in [0.4, 0.5) is 0 Å². The zero-order valence-corrected chi connectivity index (χ0v) is 10.6. The molecule has 0 heterocycles. The van der Waals surface area contributed by atoms with Gasteiger partial charge >= 0.3 is 0 Å². The summed E-state index contributed by atoms with van der Waals surface area (Å²) in [6.07, 6.45) is 8.96. The molecule has 2 aliphatic rings. The maximum Gasteiger partial charge on any atom is -0.0130 e. The fourth-order valence-electron chi connectivity index (χ4n) is 3.39. The lowest BCUT2D eigenvalue weighted by molar-refractivity contribution is 0.229. The highest BCUT2D eigenvalue weighted by Gasteiger charge is 2.34. The SMILES string of the molecule is CC1=CC[C@@H]2[C@@H](C)CC=C(C(C)C)[C@@H]2C1. The van der Waals surface area contributed by atoms with E-state index in [1.54, 1.807) is 11.1 Å². The van der Waals surface area contributed by atoms with Crippen molar-refractivity contribution in [1.82, 2.24) is 0 Å². The van der Waals surface area contributed by atoms with Gasteiger partial charge in [-0.05, 0) is 49.9 Å². The molecule has 0 bridgehead atoms. The third-order valence-electron chi connectivity index (χ3n) is 4.35. The summed E-state index contributed by atoms with van der Waals surface area (Å²) in [6.45, 7) is 9.44. The van der Waals surface area contributed by atoms with E-state index in [0.29, 0.717) is 0 Å². The second kappa shape index (κ2) is 4.15. The van der Waals surface area contributed by atoms with E-state index in [9.17, 15) is 0 Å². The van der Waals surface area contributed by atoms with Crippen LogP contribution >= 0.6 is 0 Å². The quantitative estimate of drug-likeness (QED) is 0.548. The Labute approximate surface area is 94.5 Å². The fraction of sp³-hybridized carbons (Fsp3) is 0.733. The first-order valence-electron chi connectivity index (χ1n) is 6.45. The lowest BCUT2D eigenvalue weighted by Crippen LogP contribution is -2.30. The maximum atomic E-state index is 2.54. The Kier molecular flexibility index (Phi) is 3.04. The number of hydrogen-bond donors (Lipinski definition) is 0. The Morgan fingerprint density at radius 3 is 2.60 bits per heavy atom. The molecule has 2 rings (SSSR count). The predicted molar refractivity (Wildman–Crippen MR) is 66.7 cm³/mol. The van der Waals surface area contributed by atoms with Crippen LogP contribution in [0, 0.1) is 23.7 Å². The molecule has 0 amide bonds. The molecule has 0 aliphatic heterocycles. The minimum Gasteiger partial charge on any atom is -0.0853 e. The first-order valence-corrected chi connectivity index (χ1v) is 6.45. The highest BCUT2D eigenvalue weighted by atomic mass is 14.4. The van der Waals surface area contributed by atoms with Gasteiger partial charge in [0.1, 0.15) is 0 Å². The third kappa shape index (κ3) is 2.04. The lowest BCUT2D eigenvalue weighted by Gasteiger charge is -2.41. The van der Waals surface area contributed by atoms with Gasteiger partial charge in [-0.3, -0.25) is 0 Å². The summed E-state index contributed by atoms with van der Waals surface area (Å²) in [4.78, 5) is 0. The molecule has 0 aromatic carbocycles. The predicted octanol–water partition coefficient (Wildman–Crippen LogP) is 4.58. The highest BCUT2D eigenvalue weighted by Crippen LogP contribution is 2.45. The smallest absolute Gasteiger partial charge is 0.0130 e. The number of allylic oxidation sites excluding steroid dienone is 4. The standard InChI is InChI=1S/C15H24/c1-10(2)13-8-6-12(4)14-7-5-11(3)9-15(13)14/h5,8,10,12,14-15H,6-7,9H2,1-4H3/t12-,14+,15-/m0/s1. The van der Waals surface area contributed by atoms with Crippen molar-refractivity contribution >= 4 is 0 Å². The minimum absolute atomic E-state index is 0.746. The van der Waals surface area contributed by atoms with E-state index in [4.69, 9.17) is 0 Å². The van der Waals surface area contributed by atoms with Crippen molar-refractivity contribution in [3.63, 3.8) is 0 Å². The summed E-state index contributed by atoms with van der Waals surface area (Å²) in [7, 11) is 0. The van der Waals surface area contributed by atoms with Crippen LogP contribution in [0.25, 0.3) is 0 Å². The number of rotatable bonds is 1. The molecule has 0 nitrogen and oxygen atoms in total. The van der Waals surface area contributed by atoms with Gasteiger partial charge in [-0.1, -0.05) is 44.1 Å².